The largest absolute Gasteiger partial charge is 0.493 e. The Morgan fingerprint density at radius 1 is 1.09 bits per heavy atom. The summed E-state index contributed by atoms with van der Waals surface area (Å²) in [6.07, 6.45) is 0. The van der Waals surface area contributed by atoms with Crippen LogP contribution in [-0.2, 0) is 0 Å². The van der Waals surface area contributed by atoms with Gasteiger partial charge in [-0.05, 0) is 53.8 Å². The van der Waals surface area contributed by atoms with E-state index in [4.69, 9.17) is 14.2 Å². The maximum Gasteiger partial charge on any atom is 0.257 e. The number of nitrogens with one attached hydrogen (secondary N) is 1. The van der Waals surface area contributed by atoms with Crippen molar-refractivity contribution < 1.29 is 19.0 Å². The van der Waals surface area contributed by atoms with Gasteiger partial charge in [0.2, 0.25) is 5.75 Å². The molecule has 7 heteroatoms. The van der Waals surface area contributed by atoms with Crippen molar-refractivity contribution >= 4 is 34.3 Å². The maximum atomic E-state index is 12.4. The first-order valence-electron chi connectivity index (χ1n) is 6.74. The highest BCUT2D eigenvalue weighted by Crippen LogP contribution is 2.38. The zero-order valence-electron chi connectivity index (χ0n) is 13.3. The SMILES string of the molecule is COc1cc(C(=O)Nc2ccc(I)c(C)n2)cc(OC)c1OC. The van der Waals surface area contributed by atoms with E-state index in [0.29, 0.717) is 28.6 Å². The van der Waals surface area contributed by atoms with E-state index in [0.717, 1.165) is 9.26 Å². The van der Waals surface area contributed by atoms with Gasteiger partial charge < -0.3 is 19.5 Å². The minimum atomic E-state index is -0.308. The topological polar surface area (TPSA) is 69.7 Å². The van der Waals surface area contributed by atoms with Crippen molar-refractivity contribution in [2.45, 2.75) is 6.92 Å². The zero-order chi connectivity index (χ0) is 17.0. The summed E-state index contributed by atoms with van der Waals surface area (Å²) < 4.78 is 16.8. The standard InChI is InChI=1S/C16H17IN2O4/c1-9-11(17)5-6-14(18-9)19-16(20)10-7-12(21-2)15(23-4)13(8-10)22-3/h5-8H,1-4H3,(H,18,19,20). The molecule has 6 nitrogen and oxygen atoms in total. The Kier molecular flexibility index (Phi) is 5.64. The summed E-state index contributed by atoms with van der Waals surface area (Å²) in [5.74, 6) is 1.46. The number of ether oxygens (including phenoxy) is 3. The zero-order valence-corrected chi connectivity index (χ0v) is 15.4. The van der Waals surface area contributed by atoms with Gasteiger partial charge in [0, 0.05) is 9.13 Å². The number of benzene rings is 1. The molecule has 0 saturated carbocycles. The van der Waals surface area contributed by atoms with E-state index in [9.17, 15) is 4.79 Å². The summed E-state index contributed by atoms with van der Waals surface area (Å²) in [6, 6.07) is 6.84. The highest BCUT2D eigenvalue weighted by molar-refractivity contribution is 14.1. The summed E-state index contributed by atoms with van der Waals surface area (Å²) in [6.45, 7) is 1.89. The minimum absolute atomic E-state index is 0.308. The van der Waals surface area contributed by atoms with Crippen LogP contribution >= 0.6 is 22.6 Å². The fraction of sp³-hybridized carbons (Fsp3) is 0.250. The van der Waals surface area contributed by atoms with Gasteiger partial charge in [-0.1, -0.05) is 0 Å². The number of hydrogen-bond acceptors (Lipinski definition) is 5. The van der Waals surface area contributed by atoms with Crippen molar-refractivity contribution in [3.05, 3.63) is 39.1 Å². The summed E-state index contributed by atoms with van der Waals surface area (Å²) >= 11 is 2.19. The Labute approximate surface area is 148 Å². The second-order valence-electron chi connectivity index (χ2n) is 4.63. The molecule has 0 radical (unpaired) electrons. The van der Waals surface area contributed by atoms with Crippen LogP contribution in [0, 0.1) is 10.5 Å². The lowest BCUT2D eigenvalue weighted by molar-refractivity contribution is 0.102. The van der Waals surface area contributed by atoms with Crippen LogP contribution in [-0.4, -0.2) is 32.2 Å². The molecule has 1 aromatic carbocycles. The number of nitrogens with zero attached hydrogens (tertiary/aromatic N) is 1. The van der Waals surface area contributed by atoms with Crippen LogP contribution < -0.4 is 19.5 Å². The average molecular weight is 428 g/mol. The number of anilines is 1. The first-order chi connectivity index (χ1) is 11.0. The van der Waals surface area contributed by atoms with E-state index >= 15 is 0 Å². The minimum Gasteiger partial charge on any atom is -0.493 e. The molecule has 0 spiro atoms. The summed E-state index contributed by atoms with van der Waals surface area (Å²) in [5.41, 5.74) is 1.24. The Hall–Kier alpha value is -2.03. The molecule has 0 bridgehead atoms. The Morgan fingerprint density at radius 3 is 2.17 bits per heavy atom. The number of methoxy groups -OCH3 is 3. The van der Waals surface area contributed by atoms with Crippen molar-refractivity contribution in [2.24, 2.45) is 0 Å². The highest BCUT2D eigenvalue weighted by atomic mass is 127. The Bertz CT molecular complexity index is 709. The lowest BCUT2D eigenvalue weighted by Crippen LogP contribution is -2.14. The number of pyridine rings is 1. The molecule has 0 aliphatic heterocycles. The van der Waals surface area contributed by atoms with Gasteiger partial charge >= 0.3 is 0 Å². The molecule has 2 aromatic rings. The molecule has 23 heavy (non-hydrogen) atoms. The fourth-order valence-corrected chi connectivity index (χ4v) is 2.31. The van der Waals surface area contributed by atoms with Crippen LogP contribution in [0.15, 0.2) is 24.3 Å². The third-order valence-electron chi connectivity index (χ3n) is 3.19. The number of halogens is 1. The molecule has 0 saturated heterocycles. The molecule has 0 fully saturated rings. The number of aromatic nitrogens is 1. The molecule has 2 rings (SSSR count). The first-order valence-corrected chi connectivity index (χ1v) is 7.82. The second-order valence-corrected chi connectivity index (χ2v) is 5.79. The van der Waals surface area contributed by atoms with Crippen LogP contribution in [0.5, 0.6) is 17.2 Å². The first kappa shape index (κ1) is 17.3. The predicted octanol–water partition coefficient (Wildman–Crippen LogP) is 3.27. The summed E-state index contributed by atoms with van der Waals surface area (Å²) in [7, 11) is 4.52. The van der Waals surface area contributed by atoms with Crippen LogP contribution in [0.3, 0.4) is 0 Å². The van der Waals surface area contributed by atoms with Crippen LogP contribution in [0.25, 0.3) is 0 Å². The number of aryl methyl sites for hydroxylation is 1. The highest BCUT2D eigenvalue weighted by Gasteiger charge is 2.17. The van der Waals surface area contributed by atoms with Crippen LogP contribution in [0.1, 0.15) is 16.1 Å². The molecular weight excluding hydrogens is 411 g/mol. The fourth-order valence-electron chi connectivity index (χ4n) is 2.01. The van der Waals surface area contributed by atoms with Crippen molar-refractivity contribution in [2.75, 3.05) is 26.6 Å². The number of carbonyl (C=O) groups is 1. The van der Waals surface area contributed by atoms with Gasteiger partial charge in [0.1, 0.15) is 5.82 Å². The van der Waals surface area contributed by atoms with E-state index in [1.54, 1.807) is 18.2 Å². The molecule has 1 heterocycles. The Balaban J connectivity index is 2.33. The predicted molar refractivity (Wildman–Crippen MR) is 95.7 cm³/mol. The van der Waals surface area contributed by atoms with Gasteiger partial charge in [-0.25, -0.2) is 4.98 Å². The Morgan fingerprint density at radius 2 is 1.70 bits per heavy atom. The molecular formula is C16H17IN2O4. The van der Waals surface area contributed by atoms with Crippen molar-refractivity contribution in [3.8, 4) is 17.2 Å². The number of carbonyl (C=O) groups excluding carboxylic acids is 1. The normalized spacial score (nSPS) is 10.1. The summed E-state index contributed by atoms with van der Waals surface area (Å²) in [4.78, 5) is 16.8. The van der Waals surface area contributed by atoms with Gasteiger partial charge in [0.25, 0.3) is 5.91 Å². The molecule has 0 aliphatic carbocycles. The average Bonchev–Trinajstić information content (AvgIpc) is 2.56. The molecule has 0 atom stereocenters. The molecule has 1 amide bonds. The maximum absolute atomic E-state index is 12.4. The molecule has 1 N–H and O–H groups in total. The van der Waals surface area contributed by atoms with Crippen molar-refractivity contribution in [1.29, 1.82) is 0 Å². The van der Waals surface area contributed by atoms with Gasteiger partial charge in [-0.3, -0.25) is 4.79 Å². The van der Waals surface area contributed by atoms with Gasteiger partial charge in [0.15, 0.2) is 11.5 Å². The lowest BCUT2D eigenvalue weighted by Gasteiger charge is -2.14. The van der Waals surface area contributed by atoms with Crippen LogP contribution in [0.4, 0.5) is 5.82 Å². The molecule has 1 aromatic heterocycles. The van der Waals surface area contributed by atoms with E-state index in [1.807, 2.05) is 13.0 Å². The molecule has 122 valence electrons. The lowest BCUT2D eigenvalue weighted by atomic mass is 10.1. The van der Waals surface area contributed by atoms with Gasteiger partial charge in [0.05, 0.1) is 27.0 Å². The van der Waals surface area contributed by atoms with E-state index in [-0.39, 0.29) is 5.91 Å². The quantitative estimate of drug-likeness (QED) is 0.741. The van der Waals surface area contributed by atoms with Gasteiger partial charge in [-0.2, -0.15) is 0 Å². The van der Waals surface area contributed by atoms with Gasteiger partial charge in [-0.15, -0.1) is 0 Å². The number of amides is 1. The molecule has 0 aliphatic rings. The van der Waals surface area contributed by atoms with E-state index in [2.05, 4.69) is 32.9 Å². The van der Waals surface area contributed by atoms with Crippen molar-refractivity contribution in [3.63, 3.8) is 0 Å². The summed E-state index contributed by atoms with van der Waals surface area (Å²) in [5, 5.41) is 2.76. The van der Waals surface area contributed by atoms with E-state index in [1.165, 1.54) is 21.3 Å². The second kappa shape index (κ2) is 7.49. The third-order valence-corrected chi connectivity index (χ3v) is 4.33. The van der Waals surface area contributed by atoms with Crippen molar-refractivity contribution in [1.82, 2.24) is 4.98 Å². The van der Waals surface area contributed by atoms with Crippen LogP contribution in [0.2, 0.25) is 0 Å². The number of hydrogen-bond donors (Lipinski definition) is 1. The monoisotopic (exact) mass is 428 g/mol. The third kappa shape index (κ3) is 3.84. The number of rotatable bonds is 5. The molecule has 0 unspecified atom stereocenters. The van der Waals surface area contributed by atoms with E-state index < -0.39 is 0 Å². The smallest absolute Gasteiger partial charge is 0.257 e.